The summed E-state index contributed by atoms with van der Waals surface area (Å²) in [5.41, 5.74) is 1.68. The molecular weight excluding hydrogens is 458 g/mol. The molecule has 4 rings (SSSR count). The summed E-state index contributed by atoms with van der Waals surface area (Å²) in [4.78, 5) is 34.4. The zero-order valence-corrected chi connectivity index (χ0v) is 20.0. The second-order valence-corrected chi connectivity index (χ2v) is 7.70. The second-order valence-electron chi connectivity index (χ2n) is 7.70. The molecule has 2 heterocycles. The van der Waals surface area contributed by atoms with E-state index in [1.165, 1.54) is 6.20 Å². The van der Waals surface area contributed by atoms with E-state index in [1.54, 1.807) is 69.7 Å². The Balaban J connectivity index is 1.48. The molecule has 0 atom stereocenters. The Morgan fingerprint density at radius 1 is 0.861 bits per heavy atom. The van der Waals surface area contributed by atoms with Crippen LogP contribution >= 0.6 is 0 Å². The number of benzene rings is 2. The fraction of sp³-hybridized carbons (Fsp3) is 0.111. The van der Waals surface area contributed by atoms with Crippen molar-refractivity contribution < 1.29 is 19.1 Å². The average molecular weight is 484 g/mol. The van der Waals surface area contributed by atoms with Crippen LogP contribution in [0, 0.1) is 0 Å². The summed E-state index contributed by atoms with van der Waals surface area (Å²) in [6.45, 7) is 1.65. The molecule has 0 bridgehead atoms. The molecule has 9 nitrogen and oxygen atoms in total. The van der Waals surface area contributed by atoms with Gasteiger partial charge in [-0.1, -0.05) is 18.2 Å². The minimum atomic E-state index is -0.592. The first kappa shape index (κ1) is 24.2. The van der Waals surface area contributed by atoms with Gasteiger partial charge in [0.2, 0.25) is 0 Å². The third kappa shape index (κ3) is 5.58. The SMILES string of the molecule is CN/C(C)=C(\C(=O)Nc1ccccc1)C(=O)Nc1ccc(Oc2ccnc3cc(OC)ccc23)cn1. The van der Waals surface area contributed by atoms with Gasteiger partial charge in [-0.05, 0) is 49.4 Å². The van der Waals surface area contributed by atoms with Gasteiger partial charge in [0.25, 0.3) is 11.8 Å². The molecule has 9 heteroatoms. The maximum Gasteiger partial charge on any atom is 0.264 e. The normalized spacial score (nSPS) is 11.3. The van der Waals surface area contributed by atoms with Crippen molar-refractivity contribution in [1.82, 2.24) is 15.3 Å². The molecule has 0 saturated heterocycles. The molecule has 0 unspecified atom stereocenters. The van der Waals surface area contributed by atoms with Gasteiger partial charge in [-0.3, -0.25) is 14.6 Å². The van der Waals surface area contributed by atoms with E-state index < -0.39 is 11.8 Å². The molecule has 2 aromatic carbocycles. The Kier molecular flexibility index (Phi) is 7.40. The number of pyridine rings is 2. The van der Waals surface area contributed by atoms with Gasteiger partial charge in [0.1, 0.15) is 28.6 Å². The van der Waals surface area contributed by atoms with Crippen molar-refractivity contribution in [1.29, 1.82) is 0 Å². The molecule has 0 spiro atoms. The number of ether oxygens (including phenoxy) is 2. The molecule has 0 radical (unpaired) electrons. The minimum absolute atomic E-state index is 0.0536. The van der Waals surface area contributed by atoms with E-state index in [4.69, 9.17) is 9.47 Å². The Bertz CT molecular complexity index is 1420. The summed E-state index contributed by atoms with van der Waals surface area (Å²) in [7, 11) is 3.24. The van der Waals surface area contributed by atoms with E-state index in [1.807, 2.05) is 24.3 Å². The van der Waals surface area contributed by atoms with Crippen molar-refractivity contribution >= 4 is 34.2 Å². The highest BCUT2D eigenvalue weighted by atomic mass is 16.5. The molecule has 2 aromatic heterocycles. The summed E-state index contributed by atoms with van der Waals surface area (Å²) < 4.78 is 11.2. The van der Waals surface area contributed by atoms with Crippen molar-refractivity contribution in [3.63, 3.8) is 0 Å². The highest BCUT2D eigenvalue weighted by Crippen LogP contribution is 2.30. The summed E-state index contributed by atoms with van der Waals surface area (Å²) in [5.74, 6) is 0.921. The Morgan fingerprint density at radius 2 is 1.61 bits per heavy atom. The van der Waals surface area contributed by atoms with Crippen LogP contribution in [0.4, 0.5) is 11.5 Å². The van der Waals surface area contributed by atoms with Crippen LogP contribution in [0.3, 0.4) is 0 Å². The first-order valence-electron chi connectivity index (χ1n) is 11.1. The fourth-order valence-corrected chi connectivity index (χ4v) is 3.42. The van der Waals surface area contributed by atoms with Gasteiger partial charge >= 0.3 is 0 Å². The molecule has 3 N–H and O–H groups in total. The minimum Gasteiger partial charge on any atom is -0.497 e. The quantitative estimate of drug-likeness (QED) is 0.192. The first-order chi connectivity index (χ1) is 17.5. The van der Waals surface area contributed by atoms with Crippen LogP contribution in [0.15, 0.2) is 90.4 Å². The van der Waals surface area contributed by atoms with E-state index in [2.05, 4.69) is 25.9 Å². The summed E-state index contributed by atoms with van der Waals surface area (Å²) in [6, 6.07) is 19.5. The van der Waals surface area contributed by atoms with E-state index in [0.717, 1.165) is 10.9 Å². The van der Waals surface area contributed by atoms with Crippen LogP contribution in [0.25, 0.3) is 10.9 Å². The Hall–Kier alpha value is -4.92. The number of fused-ring (bicyclic) bond motifs is 1. The van der Waals surface area contributed by atoms with Gasteiger partial charge in [0.15, 0.2) is 0 Å². The van der Waals surface area contributed by atoms with Crippen LogP contribution in [0.2, 0.25) is 0 Å². The number of allylic oxidation sites excluding steroid dienone is 1. The molecule has 0 fully saturated rings. The Morgan fingerprint density at radius 3 is 2.31 bits per heavy atom. The van der Waals surface area contributed by atoms with Crippen molar-refractivity contribution in [3.05, 3.63) is 90.4 Å². The van der Waals surface area contributed by atoms with Crippen molar-refractivity contribution in [2.24, 2.45) is 0 Å². The van der Waals surface area contributed by atoms with Gasteiger partial charge in [0.05, 0.1) is 18.8 Å². The van der Waals surface area contributed by atoms with Gasteiger partial charge in [-0.15, -0.1) is 0 Å². The highest BCUT2D eigenvalue weighted by molar-refractivity contribution is 6.26. The number of aromatic nitrogens is 2. The van der Waals surface area contributed by atoms with E-state index >= 15 is 0 Å². The maximum absolute atomic E-state index is 13.0. The van der Waals surface area contributed by atoms with Gasteiger partial charge in [-0.25, -0.2) is 4.98 Å². The monoisotopic (exact) mass is 483 g/mol. The zero-order chi connectivity index (χ0) is 25.5. The molecule has 0 saturated carbocycles. The lowest BCUT2D eigenvalue weighted by atomic mass is 10.1. The zero-order valence-electron chi connectivity index (χ0n) is 20.0. The number of hydrogen-bond acceptors (Lipinski definition) is 7. The van der Waals surface area contributed by atoms with E-state index in [-0.39, 0.29) is 11.4 Å². The smallest absolute Gasteiger partial charge is 0.264 e. The fourth-order valence-electron chi connectivity index (χ4n) is 3.42. The van der Waals surface area contributed by atoms with Crippen LogP contribution < -0.4 is 25.4 Å². The van der Waals surface area contributed by atoms with Crippen LogP contribution in [-0.4, -0.2) is 35.9 Å². The second kappa shape index (κ2) is 11.0. The van der Waals surface area contributed by atoms with Crippen LogP contribution in [0.1, 0.15) is 6.92 Å². The molecule has 182 valence electrons. The molecule has 2 amide bonds. The predicted molar refractivity (Wildman–Crippen MR) is 138 cm³/mol. The number of hydrogen-bond donors (Lipinski definition) is 3. The number of amides is 2. The predicted octanol–water partition coefficient (Wildman–Crippen LogP) is 4.50. The number of methoxy groups -OCH3 is 1. The first-order valence-corrected chi connectivity index (χ1v) is 11.1. The number of carbonyl (C=O) groups excluding carboxylic acids is 2. The molecule has 0 aliphatic heterocycles. The number of nitrogens with one attached hydrogen (secondary N) is 3. The molecule has 36 heavy (non-hydrogen) atoms. The topological polar surface area (TPSA) is 114 Å². The summed E-state index contributed by atoms with van der Waals surface area (Å²) in [6.07, 6.45) is 3.14. The highest BCUT2D eigenvalue weighted by Gasteiger charge is 2.22. The number of para-hydroxylation sites is 1. The number of carbonyl (C=O) groups is 2. The largest absolute Gasteiger partial charge is 0.497 e. The standard InChI is InChI=1S/C27H25N5O4/c1-17(28-2)25(26(33)31-18-7-5-4-6-8-18)27(34)32-24-12-10-20(16-30-24)36-23-13-14-29-22-15-19(35-3)9-11-21(22)23/h4-16,28H,1-3H3,(H,31,33)(H,30,32,34)/b25-17+. The number of nitrogens with zero attached hydrogens (tertiary/aromatic N) is 2. The molecule has 0 aliphatic carbocycles. The number of rotatable bonds is 8. The van der Waals surface area contributed by atoms with Crippen molar-refractivity contribution in [2.75, 3.05) is 24.8 Å². The van der Waals surface area contributed by atoms with Crippen molar-refractivity contribution in [2.45, 2.75) is 6.92 Å². The molecule has 0 aliphatic rings. The lowest BCUT2D eigenvalue weighted by molar-refractivity contribution is -0.118. The lowest BCUT2D eigenvalue weighted by Gasteiger charge is -2.13. The lowest BCUT2D eigenvalue weighted by Crippen LogP contribution is -2.29. The van der Waals surface area contributed by atoms with Gasteiger partial charge in [-0.2, -0.15) is 0 Å². The maximum atomic E-state index is 13.0. The Labute approximate surface area is 208 Å². The van der Waals surface area contributed by atoms with Crippen molar-refractivity contribution in [3.8, 4) is 17.2 Å². The average Bonchev–Trinajstić information content (AvgIpc) is 2.90. The van der Waals surface area contributed by atoms with E-state index in [9.17, 15) is 9.59 Å². The van der Waals surface area contributed by atoms with Gasteiger partial charge < -0.3 is 25.4 Å². The summed E-state index contributed by atoms with van der Waals surface area (Å²) >= 11 is 0. The van der Waals surface area contributed by atoms with Gasteiger partial charge in [0, 0.05) is 36.1 Å². The van der Waals surface area contributed by atoms with Crippen LogP contribution in [0.5, 0.6) is 17.2 Å². The summed E-state index contributed by atoms with van der Waals surface area (Å²) in [5, 5.41) is 9.08. The third-order valence-electron chi connectivity index (χ3n) is 5.35. The van der Waals surface area contributed by atoms with E-state index in [0.29, 0.717) is 28.6 Å². The number of anilines is 2. The molecule has 4 aromatic rings. The third-order valence-corrected chi connectivity index (χ3v) is 5.35. The van der Waals surface area contributed by atoms with Crippen LogP contribution in [-0.2, 0) is 9.59 Å². The molecular formula is C27H25N5O4.